The predicted octanol–water partition coefficient (Wildman–Crippen LogP) is 3.19. The molecule has 3 atom stereocenters. The second-order valence-electron chi connectivity index (χ2n) is 3.12. The van der Waals surface area contributed by atoms with Crippen molar-refractivity contribution in [1.29, 1.82) is 0 Å². The molecule has 0 fully saturated rings. The van der Waals surface area contributed by atoms with Gasteiger partial charge in [-0.2, -0.15) is 0 Å². The first-order valence-corrected chi connectivity index (χ1v) is 8.87. The van der Waals surface area contributed by atoms with Gasteiger partial charge in [-0.15, -0.1) is 0 Å². The van der Waals surface area contributed by atoms with Gasteiger partial charge in [0.05, 0.1) is 6.10 Å². The van der Waals surface area contributed by atoms with E-state index in [-0.39, 0.29) is 31.9 Å². The van der Waals surface area contributed by atoms with Crippen LogP contribution in [0.5, 0.6) is 0 Å². The summed E-state index contributed by atoms with van der Waals surface area (Å²) in [6.45, 7) is 8.02. The average molecular weight is 360 g/mol. The molecule has 0 spiro atoms. The first-order chi connectivity index (χ1) is 5.91. The van der Waals surface area contributed by atoms with E-state index in [4.69, 9.17) is 4.52 Å². The number of rotatable bonds is 6. The quantitative estimate of drug-likeness (QED) is 0.582. The maximum atomic E-state index is 11.8. The van der Waals surface area contributed by atoms with Gasteiger partial charge in [0.2, 0.25) is 0 Å². The average Bonchev–Trinajstić information content (AvgIpc) is 2.02. The third-order valence-corrected chi connectivity index (χ3v) is 6.63. The molecular weight excluding hydrogens is 338 g/mol. The molecule has 0 aliphatic heterocycles. The number of hydrogen-bond donors (Lipinski definition) is 1. The summed E-state index contributed by atoms with van der Waals surface area (Å²) in [7, 11) is 0. The summed E-state index contributed by atoms with van der Waals surface area (Å²) >= 11 is 5.41. The van der Waals surface area contributed by atoms with Crippen molar-refractivity contribution in [3.8, 4) is 0 Å². The fraction of sp³-hybridized carbons (Fsp3) is 1.00. The second-order valence-corrected chi connectivity index (χ2v) is 9.75. The molecule has 0 saturated carbocycles. The van der Waals surface area contributed by atoms with E-state index in [0.717, 1.165) is 12.8 Å². The van der Waals surface area contributed by atoms with E-state index in [0.29, 0.717) is 5.25 Å². The molecule has 0 aromatic rings. The van der Waals surface area contributed by atoms with Crippen molar-refractivity contribution >= 4 is 55.2 Å². The molecule has 0 aromatic heterocycles. The molecule has 2 nitrogen and oxygen atoms in total. The summed E-state index contributed by atoms with van der Waals surface area (Å²) < 4.78 is 17.1. The summed E-state index contributed by atoms with van der Waals surface area (Å²) in [6, 6.07) is 0. The van der Waals surface area contributed by atoms with Crippen LogP contribution in [0.2, 0.25) is 0 Å². The van der Waals surface area contributed by atoms with Crippen LogP contribution < -0.4 is 0 Å². The van der Waals surface area contributed by atoms with E-state index >= 15 is 0 Å². The molecule has 14 heavy (non-hydrogen) atoms. The monoisotopic (exact) mass is 360 g/mol. The molecule has 0 saturated heterocycles. The van der Waals surface area contributed by atoms with Gasteiger partial charge in [0.1, 0.15) is 0 Å². The molecule has 0 N–H and O–H groups in total. The Morgan fingerprint density at radius 2 is 1.86 bits per heavy atom. The zero-order chi connectivity index (χ0) is 10.5. The summed E-state index contributed by atoms with van der Waals surface area (Å²) in [4.78, 5) is 0. The van der Waals surface area contributed by atoms with Gasteiger partial charge in [0, 0.05) is 5.25 Å². The normalized spacial score (nSPS) is 19.2. The van der Waals surface area contributed by atoms with Crippen molar-refractivity contribution in [2.24, 2.45) is 0 Å². The maximum absolute atomic E-state index is 11.8. The van der Waals surface area contributed by atoms with E-state index in [1.807, 2.05) is 20.8 Å². The van der Waals surface area contributed by atoms with Crippen LogP contribution in [0.15, 0.2) is 0 Å². The van der Waals surface area contributed by atoms with Crippen molar-refractivity contribution in [3.05, 3.63) is 0 Å². The Morgan fingerprint density at radius 1 is 1.36 bits per heavy atom. The Morgan fingerprint density at radius 3 is 2.21 bits per heavy atom. The van der Waals surface area contributed by atoms with E-state index in [1.54, 1.807) is 0 Å². The van der Waals surface area contributed by atoms with Crippen molar-refractivity contribution in [1.82, 2.24) is 0 Å². The predicted molar refractivity (Wildman–Crippen MR) is 74.7 cm³/mol. The van der Waals surface area contributed by atoms with Crippen molar-refractivity contribution < 1.29 is 9.09 Å². The van der Waals surface area contributed by atoms with Gasteiger partial charge in [0.15, 0.2) is 0 Å². The molecule has 0 heterocycles. The Kier molecular flexibility index (Phi) is 11.5. The van der Waals surface area contributed by atoms with Gasteiger partial charge in [-0.3, -0.25) is 4.57 Å². The zero-order valence-electron chi connectivity index (χ0n) is 8.69. The fourth-order valence-corrected chi connectivity index (χ4v) is 6.22. The molecule has 0 aromatic carbocycles. The van der Waals surface area contributed by atoms with Gasteiger partial charge in [-0.1, -0.05) is 44.4 Å². The fourth-order valence-electron chi connectivity index (χ4n) is 0.629. The van der Waals surface area contributed by atoms with Crippen LogP contribution in [0.4, 0.5) is 0 Å². The van der Waals surface area contributed by atoms with Gasteiger partial charge < -0.3 is 4.52 Å². The van der Waals surface area contributed by atoms with Crippen molar-refractivity contribution in [2.45, 2.75) is 51.9 Å². The van der Waals surface area contributed by atoms with Crippen LogP contribution in [0.25, 0.3) is 0 Å². The molecule has 0 radical (unpaired) electrons. The van der Waals surface area contributed by atoms with Crippen molar-refractivity contribution in [3.63, 3.8) is 0 Å². The van der Waals surface area contributed by atoms with Crippen LogP contribution in [0.1, 0.15) is 40.5 Å². The Hall–Kier alpha value is 1.76. The summed E-state index contributed by atoms with van der Waals surface area (Å²) in [6.07, 6.45) is 1.88. The number of thiol groups is 1. The topological polar surface area (TPSA) is 26.3 Å². The third-order valence-electron chi connectivity index (χ3n) is 1.78. The van der Waals surface area contributed by atoms with Crippen molar-refractivity contribution in [2.75, 3.05) is 0 Å². The standard InChI is InChI=1S/C8H19O2PS2.In.3H/c1-5-7(3)10-11(9,12)13-8(4)6-2;;;;/h7-8H,5-6H2,1-4H3,(H,9,12);;;;. The molecule has 0 amide bonds. The van der Waals surface area contributed by atoms with E-state index in [1.165, 1.54) is 11.4 Å². The van der Waals surface area contributed by atoms with Gasteiger partial charge in [-0.25, -0.2) is 0 Å². The molecule has 86 valence electrons. The molecular formula is C8H22InO2PS2. The number of hydrogen-bond acceptors (Lipinski definition) is 3. The van der Waals surface area contributed by atoms with Crippen LogP contribution in [0, 0.1) is 0 Å². The molecule has 6 heteroatoms. The van der Waals surface area contributed by atoms with Crippen LogP contribution in [0.3, 0.4) is 0 Å². The van der Waals surface area contributed by atoms with E-state index in [2.05, 4.69) is 19.2 Å². The zero-order valence-corrected chi connectivity index (χ0v) is 11.3. The molecule has 0 rings (SSSR count). The van der Waals surface area contributed by atoms with Crippen LogP contribution in [-0.2, 0) is 9.09 Å². The summed E-state index contributed by atoms with van der Waals surface area (Å²) in [5.74, 6) is -2.73. The van der Waals surface area contributed by atoms with Gasteiger partial charge in [-0.05, 0) is 19.8 Å². The SMILES string of the molecule is CCC(C)OP(=O)(S)SC(C)CC.[InH3]. The summed E-state index contributed by atoms with van der Waals surface area (Å²) in [5, 5.41) is 0.340. The first-order valence-electron chi connectivity index (χ1n) is 4.60. The third kappa shape index (κ3) is 9.02. The minimum atomic E-state index is -2.73. The molecule has 0 bridgehead atoms. The van der Waals surface area contributed by atoms with Crippen LogP contribution >= 0.6 is 29.4 Å². The Bertz CT molecular complexity index is 176. The minimum absolute atomic E-state index is 0. The molecule has 3 unspecified atom stereocenters. The summed E-state index contributed by atoms with van der Waals surface area (Å²) in [5.41, 5.74) is 0. The second kappa shape index (κ2) is 8.86. The molecule has 0 aliphatic carbocycles. The van der Waals surface area contributed by atoms with E-state index in [9.17, 15) is 4.57 Å². The van der Waals surface area contributed by atoms with Crippen LogP contribution in [-0.4, -0.2) is 37.2 Å². The Labute approximate surface area is 115 Å². The van der Waals surface area contributed by atoms with E-state index < -0.39 is 5.77 Å². The molecule has 0 aliphatic rings. The Balaban J connectivity index is 0. The van der Waals surface area contributed by atoms with Gasteiger partial charge in [0.25, 0.3) is 0 Å². The first kappa shape index (κ1) is 18.1. The van der Waals surface area contributed by atoms with Gasteiger partial charge >= 0.3 is 31.6 Å².